The van der Waals surface area contributed by atoms with Gasteiger partial charge in [0.15, 0.2) is 0 Å². The molecule has 5 nitrogen and oxygen atoms in total. The van der Waals surface area contributed by atoms with Crippen molar-refractivity contribution >= 4 is 12.1 Å². The predicted octanol–water partition coefficient (Wildman–Crippen LogP) is 1.83. The maximum absolute atomic E-state index is 11.6. The van der Waals surface area contributed by atoms with E-state index in [0.717, 1.165) is 11.1 Å². The van der Waals surface area contributed by atoms with E-state index in [-0.39, 0.29) is 6.61 Å². The van der Waals surface area contributed by atoms with E-state index in [2.05, 4.69) is 10.1 Å². The van der Waals surface area contributed by atoms with E-state index >= 15 is 0 Å². The molecule has 104 valence electrons. The van der Waals surface area contributed by atoms with Gasteiger partial charge in [-0.25, -0.2) is 9.59 Å². The second kappa shape index (κ2) is 7.41. The van der Waals surface area contributed by atoms with Crippen molar-refractivity contribution in [3.8, 4) is 0 Å². The van der Waals surface area contributed by atoms with Gasteiger partial charge < -0.3 is 14.8 Å². The monoisotopic (exact) mass is 265 g/mol. The zero-order chi connectivity index (χ0) is 14.3. The molecule has 1 aromatic rings. The number of aryl methyl sites for hydroxylation is 1. The molecule has 0 aliphatic carbocycles. The fraction of sp³-hybridized carbons (Fsp3) is 0.429. The maximum Gasteiger partial charge on any atom is 0.407 e. The Labute approximate surface area is 112 Å². The summed E-state index contributed by atoms with van der Waals surface area (Å²) in [5.74, 6) is -0.492. The lowest BCUT2D eigenvalue weighted by molar-refractivity contribution is -0.142. The summed E-state index contributed by atoms with van der Waals surface area (Å²) in [4.78, 5) is 23.0. The molecule has 0 saturated heterocycles. The van der Waals surface area contributed by atoms with E-state index < -0.39 is 18.1 Å². The molecular weight excluding hydrogens is 246 g/mol. The number of benzene rings is 1. The van der Waals surface area contributed by atoms with E-state index in [9.17, 15) is 9.59 Å². The minimum Gasteiger partial charge on any atom is -0.467 e. The smallest absolute Gasteiger partial charge is 0.407 e. The Morgan fingerprint density at radius 2 is 1.89 bits per heavy atom. The van der Waals surface area contributed by atoms with Gasteiger partial charge in [-0.1, -0.05) is 29.8 Å². The van der Waals surface area contributed by atoms with Gasteiger partial charge in [0.1, 0.15) is 6.04 Å². The molecule has 0 radical (unpaired) electrons. The number of amides is 1. The van der Waals surface area contributed by atoms with Crippen LogP contribution in [-0.2, 0) is 20.7 Å². The summed E-state index contributed by atoms with van der Waals surface area (Å²) >= 11 is 0. The van der Waals surface area contributed by atoms with Crippen molar-refractivity contribution in [3.05, 3.63) is 35.4 Å². The SMILES string of the molecule is CCOC(=O)N[C@@H](Cc1ccc(C)cc1)C(=O)OC. The van der Waals surface area contributed by atoms with Gasteiger partial charge in [0.05, 0.1) is 13.7 Å². The molecule has 1 N–H and O–H groups in total. The molecule has 19 heavy (non-hydrogen) atoms. The van der Waals surface area contributed by atoms with Crippen LogP contribution in [0.25, 0.3) is 0 Å². The van der Waals surface area contributed by atoms with Crippen molar-refractivity contribution in [1.82, 2.24) is 5.32 Å². The lowest BCUT2D eigenvalue weighted by atomic mass is 10.0. The Balaban J connectivity index is 2.71. The second-order valence-electron chi connectivity index (χ2n) is 4.13. The minimum absolute atomic E-state index is 0.254. The molecule has 0 unspecified atom stereocenters. The van der Waals surface area contributed by atoms with Crippen molar-refractivity contribution < 1.29 is 19.1 Å². The van der Waals surface area contributed by atoms with Crippen molar-refractivity contribution in [3.63, 3.8) is 0 Å². The highest BCUT2D eigenvalue weighted by atomic mass is 16.6. The van der Waals surface area contributed by atoms with E-state index in [1.165, 1.54) is 7.11 Å². The third-order valence-electron chi connectivity index (χ3n) is 2.61. The van der Waals surface area contributed by atoms with Gasteiger partial charge in [0.25, 0.3) is 0 Å². The molecule has 0 fully saturated rings. The molecule has 0 saturated carbocycles. The molecule has 5 heteroatoms. The zero-order valence-corrected chi connectivity index (χ0v) is 11.4. The Morgan fingerprint density at radius 3 is 2.42 bits per heavy atom. The zero-order valence-electron chi connectivity index (χ0n) is 11.4. The van der Waals surface area contributed by atoms with Crippen molar-refractivity contribution in [2.45, 2.75) is 26.3 Å². The number of rotatable bonds is 5. The fourth-order valence-electron chi connectivity index (χ4n) is 1.61. The first-order chi connectivity index (χ1) is 9.06. The Kier molecular flexibility index (Phi) is 5.85. The number of nitrogens with one attached hydrogen (secondary N) is 1. The first kappa shape index (κ1) is 15.0. The summed E-state index contributed by atoms with van der Waals surface area (Å²) in [7, 11) is 1.29. The number of esters is 1. The average molecular weight is 265 g/mol. The molecule has 0 aliphatic rings. The van der Waals surface area contributed by atoms with Gasteiger partial charge in [0.2, 0.25) is 0 Å². The number of hydrogen-bond donors (Lipinski definition) is 1. The molecule has 0 spiro atoms. The average Bonchev–Trinajstić information content (AvgIpc) is 2.40. The van der Waals surface area contributed by atoms with Crippen LogP contribution < -0.4 is 5.32 Å². The van der Waals surface area contributed by atoms with Crippen LogP contribution in [0.5, 0.6) is 0 Å². The normalized spacial score (nSPS) is 11.5. The summed E-state index contributed by atoms with van der Waals surface area (Å²) in [6.45, 7) is 3.94. The largest absolute Gasteiger partial charge is 0.467 e. The van der Waals surface area contributed by atoms with E-state index in [4.69, 9.17) is 4.74 Å². The standard InChI is InChI=1S/C14H19NO4/c1-4-19-14(17)15-12(13(16)18-3)9-11-7-5-10(2)6-8-11/h5-8,12H,4,9H2,1-3H3,(H,15,17)/t12-/m0/s1. The topological polar surface area (TPSA) is 64.6 Å². The minimum atomic E-state index is -0.744. The number of ether oxygens (including phenoxy) is 2. The summed E-state index contributed by atoms with van der Waals surface area (Å²) < 4.78 is 9.44. The summed E-state index contributed by atoms with van der Waals surface area (Å²) in [6, 6.07) is 6.99. The fourth-order valence-corrected chi connectivity index (χ4v) is 1.61. The van der Waals surface area contributed by atoms with Crippen molar-refractivity contribution in [1.29, 1.82) is 0 Å². The van der Waals surface area contributed by atoms with Gasteiger partial charge in [-0.15, -0.1) is 0 Å². The third kappa shape index (κ3) is 4.99. The Morgan fingerprint density at radius 1 is 1.26 bits per heavy atom. The van der Waals surface area contributed by atoms with Gasteiger partial charge in [-0.3, -0.25) is 0 Å². The van der Waals surface area contributed by atoms with Gasteiger partial charge in [-0.05, 0) is 19.4 Å². The molecule has 1 amide bonds. The van der Waals surface area contributed by atoms with Crippen LogP contribution in [0, 0.1) is 6.92 Å². The molecule has 1 atom stereocenters. The molecular formula is C14H19NO4. The summed E-state index contributed by atoms with van der Waals surface area (Å²) in [5, 5.41) is 2.50. The first-order valence-electron chi connectivity index (χ1n) is 6.13. The molecule has 1 aromatic carbocycles. The highest BCUT2D eigenvalue weighted by Crippen LogP contribution is 2.07. The van der Waals surface area contributed by atoms with Crippen molar-refractivity contribution in [2.75, 3.05) is 13.7 Å². The molecule has 0 heterocycles. The van der Waals surface area contributed by atoms with Crippen LogP contribution in [0.15, 0.2) is 24.3 Å². The number of hydrogen-bond acceptors (Lipinski definition) is 4. The Hall–Kier alpha value is -2.04. The highest BCUT2D eigenvalue weighted by Gasteiger charge is 2.22. The maximum atomic E-state index is 11.6. The van der Waals surface area contributed by atoms with Crippen LogP contribution >= 0.6 is 0 Å². The van der Waals surface area contributed by atoms with Crippen LogP contribution in [-0.4, -0.2) is 31.8 Å². The van der Waals surface area contributed by atoms with Crippen molar-refractivity contribution in [2.24, 2.45) is 0 Å². The number of methoxy groups -OCH3 is 1. The predicted molar refractivity (Wildman–Crippen MR) is 70.8 cm³/mol. The van der Waals surface area contributed by atoms with Crippen LogP contribution in [0.4, 0.5) is 4.79 Å². The van der Waals surface area contributed by atoms with Crippen LogP contribution in [0.3, 0.4) is 0 Å². The number of alkyl carbamates (subject to hydrolysis) is 1. The highest BCUT2D eigenvalue weighted by molar-refractivity contribution is 5.81. The summed E-state index contributed by atoms with van der Waals surface area (Å²) in [6.07, 6.45) is -0.254. The first-order valence-corrected chi connectivity index (χ1v) is 6.13. The van der Waals surface area contributed by atoms with E-state index in [0.29, 0.717) is 6.42 Å². The summed E-state index contributed by atoms with van der Waals surface area (Å²) in [5.41, 5.74) is 2.08. The van der Waals surface area contributed by atoms with E-state index in [1.54, 1.807) is 6.92 Å². The lowest BCUT2D eigenvalue weighted by Gasteiger charge is -2.16. The second-order valence-corrected chi connectivity index (χ2v) is 4.13. The van der Waals surface area contributed by atoms with Gasteiger partial charge in [-0.2, -0.15) is 0 Å². The third-order valence-corrected chi connectivity index (χ3v) is 2.61. The van der Waals surface area contributed by atoms with Crippen LogP contribution in [0.2, 0.25) is 0 Å². The molecule has 0 bridgehead atoms. The number of carbonyl (C=O) groups is 2. The number of carbonyl (C=O) groups excluding carboxylic acids is 2. The van der Waals surface area contributed by atoms with E-state index in [1.807, 2.05) is 31.2 Å². The lowest BCUT2D eigenvalue weighted by Crippen LogP contribution is -2.43. The molecule has 0 aromatic heterocycles. The molecule has 0 aliphatic heterocycles. The van der Waals surface area contributed by atoms with Crippen LogP contribution in [0.1, 0.15) is 18.1 Å². The Bertz CT molecular complexity index is 428. The quantitative estimate of drug-likeness (QED) is 0.825. The molecule has 1 rings (SSSR count). The van der Waals surface area contributed by atoms with Gasteiger partial charge in [0, 0.05) is 6.42 Å². The van der Waals surface area contributed by atoms with Gasteiger partial charge >= 0.3 is 12.1 Å².